The summed E-state index contributed by atoms with van der Waals surface area (Å²) in [6, 6.07) is 4.98. The van der Waals surface area contributed by atoms with Gasteiger partial charge < -0.3 is 10.6 Å². The van der Waals surface area contributed by atoms with Crippen molar-refractivity contribution in [1.29, 1.82) is 0 Å². The average Bonchev–Trinajstić information content (AvgIpc) is 2.89. The van der Waals surface area contributed by atoms with Gasteiger partial charge in [-0.2, -0.15) is 0 Å². The van der Waals surface area contributed by atoms with Gasteiger partial charge in [-0.05, 0) is 23.8 Å². The zero-order valence-corrected chi connectivity index (χ0v) is 15.3. The van der Waals surface area contributed by atoms with Crippen molar-refractivity contribution in [2.45, 2.75) is 13.0 Å². The number of hydrogen-bond donors (Lipinski definition) is 2. The number of halogens is 4. The quantitative estimate of drug-likeness (QED) is 0.814. The number of carbonyl (C=O) groups is 1. The van der Waals surface area contributed by atoms with Crippen molar-refractivity contribution < 1.29 is 13.6 Å². The minimum absolute atomic E-state index is 0.180. The van der Waals surface area contributed by atoms with Crippen LogP contribution in [0.25, 0.3) is 0 Å². The van der Waals surface area contributed by atoms with Gasteiger partial charge in [-0.15, -0.1) is 0 Å². The van der Waals surface area contributed by atoms with E-state index in [9.17, 15) is 13.6 Å². The normalized spacial score (nSPS) is 17.4. The Balaban J connectivity index is 1.81. The Morgan fingerprint density at radius 3 is 2.81 bits per heavy atom. The molecule has 2 heterocycles. The lowest BCUT2D eigenvalue weighted by molar-refractivity contribution is -0.117. The number of likely N-dealkylation sites (N-methyl/N-ethyl adjacent to an activating group) is 1. The monoisotopic (exact) mass is 400 g/mol. The standard InChI is InChI=1S/C17H16Cl2F2N4O/c1-9-5-14(15(20)21)25-16(23-9)12(8-24(25)2)17(26)22-7-10-3-4-11(18)6-13(10)19/h3-6,15,23H,1,7-8H2,2H3,(H,22,26). The Bertz CT molecular complexity index is 838. The van der Waals surface area contributed by atoms with Crippen LogP contribution in [0.5, 0.6) is 0 Å². The summed E-state index contributed by atoms with van der Waals surface area (Å²) in [6.07, 6.45) is -1.43. The summed E-state index contributed by atoms with van der Waals surface area (Å²) >= 11 is 12.0. The molecule has 0 aliphatic carbocycles. The number of benzene rings is 1. The van der Waals surface area contributed by atoms with Crippen molar-refractivity contribution in [1.82, 2.24) is 20.7 Å². The van der Waals surface area contributed by atoms with Gasteiger partial charge in [-0.1, -0.05) is 35.8 Å². The van der Waals surface area contributed by atoms with Gasteiger partial charge in [-0.3, -0.25) is 9.80 Å². The van der Waals surface area contributed by atoms with Crippen molar-refractivity contribution in [3.63, 3.8) is 0 Å². The first-order chi connectivity index (χ1) is 12.3. The molecule has 0 spiro atoms. The average molecular weight is 401 g/mol. The van der Waals surface area contributed by atoms with E-state index >= 15 is 0 Å². The van der Waals surface area contributed by atoms with Crippen LogP contribution >= 0.6 is 23.2 Å². The summed E-state index contributed by atoms with van der Waals surface area (Å²) in [5.41, 5.74) is 1.11. The molecule has 2 aliphatic rings. The Morgan fingerprint density at radius 2 is 2.15 bits per heavy atom. The highest BCUT2D eigenvalue weighted by Gasteiger charge is 2.38. The second kappa shape index (κ2) is 7.26. The highest BCUT2D eigenvalue weighted by molar-refractivity contribution is 6.35. The van der Waals surface area contributed by atoms with E-state index in [1.165, 1.54) is 16.1 Å². The summed E-state index contributed by atoms with van der Waals surface area (Å²) in [5.74, 6) is -0.0915. The molecule has 9 heteroatoms. The van der Waals surface area contributed by atoms with Gasteiger partial charge in [-0.25, -0.2) is 13.8 Å². The van der Waals surface area contributed by atoms with Crippen LogP contribution in [0.2, 0.25) is 10.0 Å². The Labute approximate surface area is 159 Å². The van der Waals surface area contributed by atoms with Crippen LogP contribution in [0.15, 0.2) is 53.6 Å². The fraction of sp³-hybridized carbons (Fsp3) is 0.235. The Morgan fingerprint density at radius 1 is 1.42 bits per heavy atom. The second-order valence-electron chi connectivity index (χ2n) is 5.89. The highest BCUT2D eigenvalue weighted by Crippen LogP contribution is 2.32. The second-order valence-corrected chi connectivity index (χ2v) is 6.74. The maximum Gasteiger partial charge on any atom is 0.280 e. The fourth-order valence-electron chi connectivity index (χ4n) is 2.84. The summed E-state index contributed by atoms with van der Waals surface area (Å²) in [5, 5.41) is 9.43. The van der Waals surface area contributed by atoms with Crippen molar-refractivity contribution >= 4 is 29.1 Å². The minimum Gasteiger partial charge on any atom is -0.348 e. The lowest BCUT2D eigenvalue weighted by Crippen LogP contribution is -2.42. The maximum atomic E-state index is 13.3. The summed E-state index contributed by atoms with van der Waals surface area (Å²) in [6.45, 7) is 4.05. The third-order valence-electron chi connectivity index (χ3n) is 4.02. The minimum atomic E-state index is -2.69. The zero-order chi connectivity index (χ0) is 19.0. The molecule has 2 aliphatic heterocycles. The van der Waals surface area contributed by atoms with Crippen molar-refractivity contribution in [2.24, 2.45) is 0 Å². The molecule has 0 unspecified atom stereocenters. The SMILES string of the molecule is C=C1C=C(C(F)F)N2C(=C(C(=O)NCc3ccc(Cl)cc3Cl)CN2C)N1. The number of amides is 1. The van der Waals surface area contributed by atoms with E-state index in [0.717, 1.165) is 0 Å². The molecule has 1 amide bonds. The molecule has 26 heavy (non-hydrogen) atoms. The number of fused-ring (bicyclic) bond motifs is 1. The number of carbonyl (C=O) groups excluding carboxylic acids is 1. The molecule has 1 aromatic carbocycles. The molecule has 138 valence electrons. The molecule has 3 rings (SSSR count). The predicted octanol–water partition coefficient (Wildman–Crippen LogP) is 3.25. The van der Waals surface area contributed by atoms with Crippen LogP contribution in [-0.4, -0.2) is 35.9 Å². The molecule has 0 saturated carbocycles. The topological polar surface area (TPSA) is 47.6 Å². The van der Waals surface area contributed by atoms with Crippen LogP contribution in [-0.2, 0) is 11.3 Å². The molecule has 0 fully saturated rings. The van der Waals surface area contributed by atoms with E-state index in [2.05, 4.69) is 17.2 Å². The number of allylic oxidation sites excluding steroid dienone is 2. The number of alkyl halides is 2. The van der Waals surface area contributed by atoms with E-state index in [0.29, 0.717) is 26.9 Å². The lowest BCUT2D eigenvalue weighted by Gasteiger charge is -2.34. The molecule has 0 radical (unpaired) electrons. The number of nitrogens with one attached hydrogen (secondary N) is 2. The molecule has 1 aromatic rings. The highest BCUT2D eigenvalue weighted by atomic mass is 35.5. The van der Waals surface area contributed by atoms with Crippen molar-refractivity contribution in [2.75, 3.05) is 13.6 Å². The third-order valence-corrected chi connectivity index (χ3v) is 4.61. The zero-order valence-electron chi connectivity index (χ0n) is 13.8. The summed E-state index contributed by atoms with van der Waals surface area (Å²) < 4.78 is 26.7. The van der Waals surface area contributed by atoms with Crippen molar-refractivity contribution in [3.05, 3.63) is 69.3 Å². The molecule has 0 saturated heterocycles. The number of nitrogens with zero attached hydrogens (tertiary/aromatic N) is 2. The van der Waals surface area contributed by atoms with Crippen LogP contribution in [0.1, 0.15) is 5.56 Å². The molecule has 5 nitrogen and oxygen atoms in total. The van der Waals surface area contributed by atoms with Gasteiger partial charge in [0.25, 0.3) is 12.3 Å². The smallest absolute Gasteiger partial charge is 0.280 e. The number of rotatable bonds is 4. The third kappa shape index (κ3) is 3.56. The van der Waals surface area contributed by atoms with E-state index in [-0.39, 0.29) is 30.5 Å². The summed E-state index contributed by atoms with van der Waals surface area (Å²) in [4.78, 5) is 12.6. The van der Waals surface area contributed by atoms with Gasteiger partial charge in [0.05, 0.1) is 12.1 Å². The van der Waals surface area contributed by atoms with Crippen LogP contribution in [0.3, 0.4) is 0 Å². The fourth-order valence-corrected chi connectivity index (χ4v) is 3.31. The molecule has 2 N–H and O–H groups in total. The van der Waals surface area contributed by atoms with Gasteiger partial charge in [0.1, 0.15) is 11.5 Å². The van der Waals surface area contributed by atoms with Crippen LogP contribution < -0.4 is 10.6 Å². The molecule has 0 aromatic heterocycles. The first-order valence-corrected chi connectivity index (χ1v) is 8.45. The Kier molecular flexibility index (Phi) is 5.22. The van der Waals surface area contributed by atoms with Gasteiger partial charge in [0.2, 0.25) is 0 Å². The predicted molar refractivity (Wildman–Crippen MR) is 96.2 cm³/mol. The molecule has 0 atom stereocenters. The van der Waals surface area contributed by atoms with E-state index in [1.807, 2.05) is 0 Å². The van der Waals surface area contributed by atoms with Gasteiger partial charge >= 0.3 is 0 Å². The Hall–Kier alpha value is -2.09. The van der Waals surface area contributed by atoms with Gasteiger partial charge in [0, 0.05) is 29.3 Å². The summed E-state index contributed by atoms with van der Waals surface area (Å²) in [7, 11) is 1.63. The van der Waals surface area contributed by atoms with Crippen LogP contribution in [0.4, 0.5) is 8.78 Å². The van der Waals surface area contributed by atoms with Gasteiger partial charge in [0.15, 0.2) is 0 Å². The maximum absolute atomic E-state index is 13.3. The first-order valence-electron chi connectivity index (χ1n) is 7.70. The molecule has 0 bridgehead atoms. The van der Waals surface area contributed by atoms with Crippen LogP contribution in [0, 0.1) is 0 Å². The van der Waals surface area contributed by atoms with E-state index in [1.54, 1.807) is 25.2 Å². The number of hydrogen-bond acceptors (Lipinski definition) is 4. The van der Waals surface area contributed by atoms with Crippen molar-refractivity contribution in [3.8, 4) is 0 Å². The lowest BCUT2D eigenvalue weighted by atomic mass is 10.2. The van der Waals surface area contributed by atoms with E-state index in [4.69, 9.17) is 23.2 Å². The molecular weight excluding hydrogens is 385 g/mol. The first kappa shape index (κ1) is 18.7. The largest absolute Gasteiger partial charge is 0.348 e. The number of hydrazine groups is 1. The molecular formula is C17H16Cl2F2N4O. The van der Waals surface area contributed by atoms with E-state index < -0.39 is 6.43 Å².